The van der Waals surface area contributed by atoms with Crippen LogP contribution in [0.1, 0.15) is 47.0 Å². The van der Waals surface area contributed by atoms with E-state index in [-0.39, 0.29) is 17.2 Å². The minimum absolute atomic E-state index is 0.0303. The van der Waals surface area contributed by atoms with Gasteiger partial charge in [0.05, 0.1) is 5.75 Å². The predicted molar refractivity (Wildman–Crippen MR) is 76.1 cm³/mol. The average Bonchev–Trinajstić information content (AvgIpc) is 2.26. The summed E-state index contributed by atoms with van der Waals surface area (Å²) in [5.41, 5.74) is 0.0599. The smallest absolute Gasteiger partial charge is 0.211 e. The minimum atomic E-state index is -3.14. The molecule has 0 aliphatic carbocycles. The van der Waals surface area contributed by atoms with Crippen LogP contribution in [0.2, 0.25) is 0 Å². The predicted octanol–water partition coefficient (Wildman–Crippen LogP) is 1.73. The third-order valence-electron chi connectivity index (χ3n) is 3.53. The third kappa shape index (κ3) is 6.16. The molecule has 18 heavy (non-hydrogen) atoms. The molecule has 1 aliphatic rings. The quantitative estimate of drug-likeness (QED) is 0.804. The van der Waals surface area contributed by atoms with Crippen molar-refractivity contribution in [2.75, 3.05) is 18.8 Å². The molecule has 5 heteroatoms. The van der Waals surface area contributed by atoms with Crippen LogP contribution in [0.3, 0.4) is 0 Å². The Morgan fingerprint density at radius 2 is 2.06 bits per heavy atom. The molecule has 0 aromatic rings. The Balaban J connectivity index is 2.43. The van der Waals surface area contributed by atoms with Crippen molar-refractivity contribution >= 4 is 10.0 Å². The van der Waals surface area contributed by atoms with Gasteiger partial charge in [0.25, 0.3) is 0 Å². The number of piperidine rings is 1. The summed E-state index contributed by atoms with van der Waals surface area (Å²) in [6, 6.07) is 0.0303. The SMILES string of the molecule is CC(NS(=O)(=O)CCC(C)(C)C)C1CCCNC1. The van der Waals surface area contributed by atoms with Crippen molar-refractivity contribution in [3.8, 4) is 0 Å². The zero-order chi connectivity index (χ0) is 13.8. The molecule has 2 atom stereocenters. The van der Waals surface area contributed by atoms with Crippen molar-refractivity contribution < 1.29 is 8.42 Å². The molecule has 108 valence electrons. The molecular weight excluding hydrogens is 248 g/mol. The van der Waals surface area contributed by atoms with Gasteiger partial charge in [-0.05, 0) is 50.6 Å². The van der Waals surface area contributed by atoms with Gasteiger partial charge < -0.3 is 5.32 Å². The van der Waals surface area contributed by atoms with Gasteiger partial charge in [-0.15, -0.1) is 0 Å². The van der Waals surface area contributed by atoms with Crippen LogP contribution in [0.4, 0.5) is 0 Å². The number of hydrogen-bond acceptors (Lipinski definition) is 3. The Kier molecular flexibility index (Phi) is 5.62. The second-order valence-electron chi connectivity index (χ2n) is 6.64. The highest BCUT2D eigenvalue weighted by atomic mass is 32.2. The Morgan fingerprint density at radius 3 is 2.56 bits per heavy atom. The van der Waals surface area contributed by atoms with Gasteiger partial charge in [-0.3, -0.25) is 0 Å². The summed E-state index contributed by atoms with van der Waals surface area (Å²) in [4.78, 5) is 0. The molecule has 0 saturated carbocycles. The first-order valence-corrected chi connectivity index (χ1v) is 8.55. The summed E-state index contributed by atoms with van der Waals surface area (Å²) in [7, 11) is -3.14. The maximum Gasteiger partial charge on any atom is 0.211 e. The van der Waals surface area contributed by atoms with Gasteiger partial charge in [-0.2, -0.15) is 0 Å². The normalized spacial score (nSPS) is 23.9. The molecule has 0 radical (unpaired) electrons. The lowest BCUT2D eigenvalue weighted by Crippen LogP contribution is -2.45. The number of sulfonamides is 1. The molecule has 0 amide bonds. The fourth-order valence-electron chi connectivity index (χ4n) is 2.18. The molecular formula is C13H28N2O2S. The van der Waals surface area contributed by atoms with E-state index in [4.69, 9.17) is 0 Å². The fraction of sp³-hybridized carbons (Fsp3) is 1.00. The van der Waals surface area contributed by atoms with E-state index < -0.39 is 10.0 Å². The van der Waals surface area contributed by atoms with Crippen LogP contribution >= 0.6 is 0 Å². The average molecular weight is 276 g/mol. The molecule has 1 aliphatic heterocycles. The standard InChI is InChI=1S/C13H28N2O2S/c1-11(12-6-5-8-14-10-12)15-18(16,17)9-7-13(2,3)4/h11-12,14-15H,5-10H2,1-4H3. The van der Waals surface area contributed by atoms with Gasteiger partial charge in [-0.1, -0.05) is 20.8 Å². The highest BCUT2D eigenvalue weighted by Gasteiger charge is 2.25. The molecule has 1 heterocycles. The molecule has 2 unspecified atom stereocenters. The van der Waals surface area contributed by atoms with Gasteiger partial charge in [0.1, 0.15) is 0 Å². The molecule has 2 N–H and O–H groups in total. The summed E-state index contributed by atoms with van der Waals surface area (Å²) in [5.74, 6) is 0.643. The summed E-state index contributed by atoms with van der Waals surface area (Å²) < 4.78 is 26.8. The van der Waals surface area contributed by atoms with Crippen LogP contribution < -0.4 is 10.0 Å². The van der Waals surface area contributed by atoms with E-state index in [1.165, 1.54) is 0 Å². The van der Waals surface area contributed by atoms with Crippen LogP contribution in [-0.2, 0) is 10.0 Å². The van der Waals surface area contributed by atoms with Crippen molar-refractivity contribution in [1.29, 1.82) is 0 Å². The zero-order valence-corrected chi connectivity index (χ0v) is 12.9. The van der Waals surface area contributed by atoms with E-state index in [1.54, 1.807) is 0 Å². The van der Waals surface area contributed by atoms with E-state index in [1.807, 2.05) is 6.92 Å². The third-order valence-corrected chi connectivity index (χ3v) is 5.00. The van der Waals surface area contributed by atoms with Crippen LogP contribution in [0.5, 0.6) is 0 Å². The van der Waals surface area contributed by atoms with Gasteiger partial charge >= 0.3 is 0 Å². The topological polar surface area (TPSA) is 58.2 Å². The maximum atomic E-state index is 12.0. The number of hydrogen-bond donors (Lipinski definition) is 2. The largest absolute Gasteiger partial charge is 0.316 e. The summed E-state index contributed by atoms with van der Waals surface area (Å²) in [6.07, 6.45) is 2.94. The van der Waals surface area contributed by atoms with Crippen molar-refractivity contribution in [3.05, 3.63) is 0 Å². The second-order valence-corrected chi connectivity index (χ2v) is 8.52. The molecule has 1 rings (SSSR count). The molecule has 0 aromatic carbocycles. The Morgan fingerprint density at radius 1 is 1.39 bits per heavy atom. The highest BCUT2D eigenvalue weighted by Crippen LogP contribution is 2.20. The number of nitrogens with one attached hydrogen (secondary N) is 2. The molecule has 0 bridgehead atoms. The minimum Gasteiger partial charge on any atom is -0.316 e. The van der Waals surface area contributed by atoms with Gasteiger partial charge in [0, 0.05) is 6.04 Å². The highest BCUT2D eigenvalue weighted by molar-refractivity contribution is 7.89. The van der Waals surface area contributed by atoms with E-state index in [0.29, 0.717) is 12.3 Å². The van der Waals surface area contributed by atoms with Crippen LogP contribution in [-0.4, -0.2) is 33.3 Å². The first kappa shape index (κ1) is 15.9. The molecule has 0 spiro atoms. The lowest BCUT2D eigenvalue weighted by molar-refractivity contribution is 0.319. The number of rotatable bonds is 5. The van der Waals surface area contributed by atoms with Gasteiger partial charge in [0.2, 0.25) is 10.0 Å². The van der Waals surface area contributed by atoms with Crippen molar-refractivity contribution in [2.45, 2.75) is 53.0 Å². The lowest BCUT2D eigenvalue weighted by atomic mass is 9.93. The molecule has 1 fully saturated rings. The summed E-state index contributed by atoms with van der Waals surface area (Å²) in [5, 5.41) is 3.32. The lowest BCUT2D eigenvalue weighted by Gasteiger charge is -2.29. The van der Waals surface area contributed by atoms with Crippen molar-refractivity contribution in [2.24, 2.45) is 11.3 Å². The first-order valence-electron chi connectivity index (χ1n) is 6.90. The Hall–Kier alpha value is -0.130. The van der Waals surface area contributed by atoms with Crippen LogP contribution in [0.25, 0.3) is 0 Å². The van der Waals surface area contributed by atoms with E-state index in [9.17, 15) is 8.42 Å². The van der Waals surface area contributed by atoms with E-state index >= 15 is 0 Å². The summed E-state index contributed by atoms with van der Waals surface area (Å²) >= 11 is 0. The van der Waals surface area contributed by atoms with Crippen molar-refractivity contribution in [1.82, 2.24) is 10.0 Å². The zero-order valence-electron chi connectivity index (χ0n) is 12.1. The Labute approximate surface area is 112 Å². The van der Waals surface area contributed by atoms with Crippen molar-refractivity contribution in [3.63, 3.8) is 0 Å². The molecule has 0 aromatic heterocycles. The second kappa shape index (κ2) is 6.35. The molecule has 1 saturated heterocycles. The monoisotopic (exact) mass is 276 g/mol. The van der Waals surface area contributed by atoms with Crippen LogP contribution in [0.15, 0.2) is 0 Å². The Bertz CT molecular complexity index is 340. The van der Waals surface area contributed by atoms with E-state index in [2.05, 4.69) is 30.8 Å². The van der Waals surface area contributed by atoms with E-state index in [0.717, 1.165) is 25.9 Å². The first-order chi connectivity index (χ1) is 8.20. The van der Waals surface area contributed by atoms with Crippen LogP contribution in [0, 0.1) is 11.3 Å². The maximum absolute atomic E-state index is 12.0. The molecule has 4 nitrogen and oxygen atoms in total. The van der Waals surface area contributed by atoms with Gasteiger partial charge in [-0.25, -0.2) is 13.1 Å². The summed E-state index contributed by atoms with van der Waals surface area (Å²) in [6.45, 7) is 10.2. The fourth-order valence-corrected chi connectivity index (χ4v) is 3.94. The van der Waals surface area contributed by atoms with Gasteiger partial charge in [0.15, 0.2) is 0 Å².